The van der Waals surface area contributed by atoms with E-state index >= 15 is 0 Å². The molecule has 0 radical (unpaired) electrons. The van der Waals surface area contributed by atoms with Crippen LogP contribution in [0.2, 0.25) is 0 Å². The number of hydrogen-bond acceptors (Lipinski definition) is 5. The molecule has 2 rings (SSSR count). The first-order chi connectivity index (χ1) is 11.0. The molecule has 0 saturated heterocycles. The van der Waals surface area contributed by atoms with Gasteiger partial charge in [0.2, 0.25) is 5.76 Å². The molecule has 1 aromatic carbocycles. The van der Waals surface area contributed by atoms with E-state index in [0.29, 0.717) is 5.75 Å². The van der Waals surface area contributed by atoms with E-state index in [1.165, 1.54) is 0 Å². The first-order valence-corrected chi connectivity index (χ1v) is 7.14. The van der Waals surface area contributed by atoms with Gasteiger partial charge in [0.1, 0.15) is 5.75 Å². The quantitative estimate of drug-likeness (QED) is 0.811. The third-order valence-corrected chi connectivity index (χ3v) is 3.06. The van der Waals surface area contributed by atoms with Gasteiger partial charge in [0.05, 0.1) is 5.69 Å². The molecule has 7 nitrogen and oxygen atoms in total. The molecule has 1 amide bonds. The molecule has 2 aromatic rings. The number of nitrogens with one attached hydrogen (secondary N) is 1. The summed E-state index contributed by atoms with van der Waals surface area (Å²) in [5, 5.41) is 15.1. The van der Waals surface area contributed by atoms with Crippen LogP contribution in [-0.2, 0) is 11.3 Å². The molecule has 23 heavy (non-hydrogen) atoms. The highest BCUT2D eigenvalue weighted by Crippen LogP contribution is 2.15. The smallest absolute Gasteiger partial charge is 0.341 e. The van der Waals surface area contributed by atoms with Gasteiger partial charge in [-0.25, -0.2) is 4.79 Å². The van der Waals surface area contributed by atoms with Gasteiger partial charge in [-0.2, -0.15) is 0 Å². The predicted octanol–water partition coefficient (Wildman–Crippen LogP) is 2.19. The van der Waals surface area contributed by atoms with Crippen LogP contribution in [0.4, 0.5) is 0 Å². The van der Waals surface area contributed by atoms with Crippen molar-refractivity contribution >= 4 is 11.9 Å². The van der Waals surface area contributed by atoms with E-state index in [4.69, 9.17) is 14.4 Å². The number of aromatic nitrogens is 1. The van der Waals surface area contributed by atoms with Crippen molar-refractivity contribution in [2.24, 2.45) is 0 Å². The van der Waals surface area contributed by atoms with Crippen molar-refractivity contribution in [2.45, 2.75) is 26.3 Å². The van der Waals surface area contributed by atoms with Crippen LogP contribution in [0.1, 0.15) is 41.6 Å². The van der Waals surface area contributed by atoms with Gasteiger partial charge >= 0.3 is 5.97 Å². The Hall–Kier alpha value is -2.83. The molecule has 0 unspecified atom stereocenters. The molecule has 0 aliphatic carbocycles. The minimum absolute atomic E-state index is 0.159. The average Bonchev–Trinajstić information content (AvgIpc) is 3.01. The summed E-state index contributed by atoms with van der Waals surface area (Å²) in [6, 6.07) is 8.47. The highest BCUT2D eigenvalue weighted by atomic mass is 16.5. The SMILES string of the molecule is CC(C)c1cc(C(=O)NCc2cccc(OCC(=O)O)c2)on1. The summed E-state index contributed by atoms with van der Waals surface area (Å²) in [4.78, 5) is 22.5. The van der Waals surface area contributed by atoms with Crippen LogP contribution in [0.5, 0.6) is 5.75 Å². The number of carbonyl (C=O) groups is 2. The normalized spacial score (nSPS) is 10.6. The summed E-state index contributed by atoms with van der Waals surface area (Å²) in [6.07, 6.45) is 0. The Bertz CT molecular complexity index is 693. The summed E-state index contributed by atoms with van der Waals surface area (Å²) in [7, 11) is 0. The summed E-state index contributed by atoms with van der Waals surface area (Å²) < 4.78 is 10.1. The monoisotopic (exact) mass is 318 g/mol. The largest absolute Gasteiger partial charge is 0.482 e. The van der Waals surface area contributed by atoms with E-state index in [-0.39, 0.29) is 24.1 Å². The third kappa shape index (κ3) is 4.84. The summed E-state index contributed by atoms with van der Waals surface area (Å²) in [5.74, 6) is -0.632. The zero-order valence-corrected chi connectivity index (χ0v) is 12.9. The van der Waals surface area contributed by atoms with Gasteiger partial charge < -0.3 is 19.7 Å². The molecule has 7 heteroatoms. The van der Waals surface area contributed by atoms with Crippen molar-refractivity contribution in [3.05, 3.63) is 47.3 Å². The van der Waals surface area contributed by atoms with Crippen LogP contribution in [0.25, 0.3) is 0 Å². The summed E-state index contributed by atoms with van der Waals surface area (Å²) in [5.41, 5.74) is 1.50. The van der Waals surface area contributed by atoms with Gasteiger partial charge in [-0.05, 0) is 23.6 Å². The van der Waals surface area contributed by atoms with Gasteiger partial charge in [-0.1, -0.05) is 31.1 Å². The highest BCUT2D eigenvalue weighted by molar-refractivity contribution is 5.91. The van der Waals surface area contributed by atoms with E-state index in [2.05, 4.69) is 10.5 Å². The summed E-state index contributed by atoms with van der Waals surface area (Å²) in [6.45, 7) is 3.77. The van der Waals surface area contributed by atoms with Crippen molar-refractivity contribution in [1.82, 2.24) is 10.5 Å². The topological polar surface area (TPSA) is 102 Å². The molecule has 0 spiro atoms. The number of benzene rings is 1. The minimum Gasteiger partial charge on any atom is -0.482 e. The maximum atomic E-state index is 12.0. The van der Waals surface area contributed by atoms with Crippen LogP contribution < -0.4 is 10.1 Å². The average molecular weight is 318 g/mol. The van der Waals surface area contributed by atoms with Gasteiger partial charge in [-0.15, -0.1) is 0 Å². The van der Waals surface area contributed by atoms with E-state index < -0.39 is 12.6 Å². The first kappa shape index (κ1) is 16.5. The van der Waals surface area contributed by atoms with E-state index in [9.17, 15) is 9.59 Å². The van der Waals surface area contributed by atoms with Crippen LogP contribution >= 0.6 is 0 Å². The lowest BCUT2D eigenvalue weighted by atomic mass is 10.1. The minimum atomic E-state index is -1.05. The fourth-order valence-electron chi connectivity index (χ4n) is 1.83. The van der Waals surface area contributed by atoms with E-state index in [1.54, 1.807) is 30.3 Å². The van der Waals surface area contributed by atoms with Crippen LogP contribution in [-0.4, -0.2) is 28.7 Å². The molecule has 0 saturated carbocycles. The molecule has 0 atom stereocenters. The van der Waals surface area contributed by atoms with Gasteiger partial charge in [0.25, 0.3) is 5.91 Å². The van der Waals surface area contributed by atoms with Gasteiger partial charge in [0, 0.05) is 12.6 Å². The molecule has 0 bridgehead atoms. The molecular weight excluding hydrogens is 300 g/mol. The second kappa shape index (κ2) is 7.44. The molecule has 0 aliphatic rings. The highest BCUT2D eigenvalue weighted by Gasteiger charge is 2.14. The van der Waals surface area contributed by atoms with Crippen molar-refractivity contribution in [1.29, 1.82) is 0 Å². The number of carboxylic acids is 1. The van der Waals surface area contributed by atoms with Crippen molar-refractivity contribution < 1.29 is 24.0 Å². The Morgan fingerprint density at radius 1 is 1.35 bits per heavy atom. The molecule has 0 aliphatic heterocycles. The molecular formula is C16H18N2O5. The lowest BCUT2D eigenvalue weighted by Gasteiger charge is -2.06. The molecule has 0 fully saturated rings. The van der Waals surface area contributed by atoms with Crippen LogP contribution in [0.15, 0.2) is 34.9 Å². The van der Waals surface area contributed by atoms with Crippen LogP contribution in [0, 0.1) is 0 Å². The number of carboxylic acid groups (broad SMARTS) is 1. The fourth-order valence-corrected chi connectivity index (χ4v) is 1.83. The number of ether oxygens (including phenoxy) is 1. The maximum Gasteiger partial charge on any atom is 0.341 e. The Balaban J connectivity index is 1.93. The Labute approximate surface area is 133 Å². The molecule has 1 aromatic heterocycles. The Morgan fingerprint density at radius 3 is 2.78 bits per heavy atom. The van der Waals surface area contributed by atoms with Gasteiger partial charge in [-0.3, -0.25) is 4.79 Å². The fraction of sp³-hybridized carbons (Fsp3) is 0.312. The molecule has 1 heterocycles. The lowest BCUT2D eigenvalue weighted by Crippen LogP contribution is -2.22. The number of amides is 1. The van der Waals surface area contributed by atoms with Crippen molar-refractivity contribution in [3.8, 4) is 5.75 Å². The number of aliphatic carboxylic acids is 1. The van der Waals surface area contributed by atoms with Crippen LogP contribution in [0.3, 0.4) is 0 Å². The molecule has 2 N–H and O–H groups in total. The first-order valence-electron chi connectivity index (χ1n) is 7.14. The second-order valence-electron chi connectivity index (χ2n) is 5.28. The number of rotatable bonds is 7. The number of hydrogen-bond donors (Lipinski definition) is 2. The standard InChI is InChI=1S/C16H18N2O5/c1-10(2)13-7-14(23-18-13)16(21)17-8-11-4-3-5-12(6-11)22-9-15(19)20/h3-7,10H,8-9H2,1-2H3,(H,17,21)(H,19,20). The van der Waals surface area contributed by atoms with Crippen molar-refractivity contribution in [3.63, 3.8) is 0 Å². The number of carbonyl (C=O) groups excluding carboxylic acids is 1. The summed E-state index contributed by atoms with van der Waals surface area (Å²) >= 11 is 0. The van der Waals surface area contributed by atoms with E-state index in [0.717, 1.165) is 11.3 Å². The predicted molar refractivity (Wildman–Crippen MR) is 81.3 cm³/mol. The van der Waals surface area contributed by atoms with Gasteiger partial charge in [0.15, 0.2) is 6.61 Å². The lowest BCUT2D eigenvalue weighted by molar-refractivity contribution is -0.139. The zero-order valence-electron chi connectivity index (χ0n) is 12.9. The Morgan fingerprint density at radius 2 is 2.13 bits per heavy atom. The molecule has 122 valence electrons. The Kier molecular flexibility index (Phi) is 5.35. The third-order valence-electron chi connectivity index (χ3n) is 3.06. The zero-order chi connectivity index (χ0) is 16.8. The van der Waals surface area contributed by atoms with Crippen molar-refractivity contribution in [2.75, 3.05) is 6.61 Å². The second-order valence-corrected chi connectivity index (χ2v) is 5.28. The van der Waals surface area contributed by atoms with E-state index in [1.807, 2.05) is 13.8 Å². The number of nitrogens with zero attached hydrogens (tertiary/aromatic N) is 1. The maximum absolute atomic E-state index is 12.0.